The van der Waals surface area contributed by atoms with E-state index in [0.717, 1.165) is 24.3 Å². The minimum absolute atomic E-state index is 0.0755. The number of carbonyl (C=O) groups is 1. The summed E-state index contributed by atoms with van der Waals surface area (Å²) in [6.45, 7) is 6.68. The largest absolute Gasteiger partial charge is 0.492 e. The topological polar surface area (TPSA) is 98.0 Å². The molecule has 1 saturated heterocycles. The molecule has 1 fully saturated rings. The number of anilines is 1. The lowest BCUT2D eigenvalue weighted by molar-refractivity contribution is -0.384. The van der Waals surface area contributed by atoms with Crippen molar-refractivity contribution in [3.63, 3.8) is 0 Å². The summed E-state index contributed by atoms with van der Waals surface area (Å²) in [5, 5.41) is 11.9. The molecule has 180 valence electrons. The quantitative estimate of drug-likeness (QED) is 0.309. The van der Waals surface area contributed by atoms with Crippen LogP contribution in [0.4, 0.5) is 10.8 Å². The molecule has 4 rings (SSSR count). The maximum Gasteiger partial charge on any atom is 0.270 e. The Morgan fingerprint density at radius 2 is 2.12 bits per heavy atom. The average Bonchev–Trinajstić information content (AvgIpc) is 3.27. The molecule has 0 bridgehead atoms. The molecule has 0 N–H and O–H groups in total. The number of ether oxygens (including phenoxy) is 2. The number of hydrogen-bond acceptors (Lipinski definition) is 8. The van der Waals surface area contributed by atoms with Gasteiger partial charge in [0.05, 0.1) is 40.0 Å². The molecular weight excluding hydrogens is 480 g/mol. The fraction of sp³-hybridized carbons (Fsp3) is 0.391. The van der Waals surface area contributed by atoms with E-state index in [0.29, 0.717) is 49.2 Å². The second kappa shape index (κ2) is 11.1. The maximum absolute atomic E-state index is 13.6. The van der Waals surface area contributed by atoms with E-state index in [1.54, 1.807) is 4.90 Å². The summed E-state index contributed by atoms with van der Waals surface area (Å²) >= 11 is 7.67. The van der Waals surface area contributed by atoms with Crippen LogP contribution < -0.4 is 9.64 Å². The number of nitro benzene ring substituents is 1. The van der Waals surface area contributed by atoms with Gasteiger partial charge >= 0.3 is 0 Å². The number of aromatic nitrogens is 1. The summed E-state index contributed by atoms with van der Waals surface area (Å²) in [5.74, 6) is 0.226. The van der Waals surface area contributed by atoms with Crippen LogP contribution in [0.3, 0.4) is 0 Å². The summed E-state index contributed by atoms with van der Waals surface area (Å²) in [4.78, 5) is 32.9. The SMILES string of the molecule is CCOc1cccc2sc(N(CCCN3CCOCC3)C(=O)c3cc([N+](=O)[O-])ccc3Cl)nc12. The van der Waals surface area contributed by atoms with Crippen LogP contribution in [0.15, 0.2) is 36.4 Å². The minimum Gasteiger partial charge on any atom is -0.492 e. The number of benzene rings is 2. The normalized spacial score (nSPS) is 14.3. The molecule has 34 heavy (non-hydrogen) atoms. The van der Waals surface area contributed by atoms with Gasteiger partial charge in [0.15, 0.2) is 5.13 Å². The Morgan fingerprint density at radius 3 is 2.85 bits per heavy atom. The van der Waals surface area contributed by atoms with E-state index in [2.05, 4.69) is 4.90 Å². The zero-order chi connectivity index (χ0) is 24.1. The van der Waals surface area contributed by atoms with Gasteiger partial charge in [-0.3, -0.25) is 24.7 Å². The van der Waals surface area contributed by atoms with Crippen molar-refractivity contribution in [2.75, 3.05) is 50.9 Å². The van der Waals surface area contributed by atoms with Crippen LogP contribution in [-0.2, 0) is 4.74 Å². The van der Waals surface area contributed by atoms with Gasteiger partial charge < -0.3 is 9.47 Å². The Morgan fingerprint density at radius 1 is 1.32 bits per heavy atom. The van der Waals surface area contributed by atoms with Crippen molar-refractivity contribution >= 4 is 49.9 Å². The summed E-state index contributed by atoms with van der Waals surface area (Å²) in [7, 11) is 0. The monoisotopic (exact) mass is 504 g/mol. The molecule has 1 amide bonds. The van der Waals surface area contributed by atoms with Gasteiger partial charge in [-0.15, -0.1) is 0 Å². The number of carbonyl (C=O) groups excluding carboxylic acids is 1. The molecule has 9 nitrogen and oxygen atoms in total. The zero-order valence-electron chi connectivity index (χ0n) is 18.7. The molecule has 0 spiro atoms. The first-order valence-corrected chi connectivity index (χ1v) is 12.3. The Bertz CT molecular complexity index is 1180. The van der Waals surface area contributed by atoms with E-state index in [1.807, 2.05) is 25.1 Å². The smallest absolute Gasteiger partial charge is 0.270 e. The van der Waals surface area contributed by atoms with E-state index in [-0.39, 0.29) is 16.3 Å². The number of morpholine rings is 1. The number of para-hydroxylation sites is 1. The minimum atomic E-state index is -0.540. The number of nitrogens with zero attached hydrogens (tertiary/aromatic N) is 4. The van der Waals surface area contributed by atoms with Crippen LogP contribution in [0.25, 0.3) is 10.2 Å². The van der Waals surface area contributed by atoms with Crippen LogP contribution in [0.1, 0.15) is 23.7 Å². The Kier molecular flexibility index (Phi) is 7.94. The number of hydrogen-bond donors (Lipinski definition) is 0. The number of rotatable bonds is 9. The van der Waals surface area contributed by atoms with Crippen LogP contribution in [0.2, 0.25) is 5.02 Å². The molecule has 1 aliphatic rings. The standard InChI is InChI=1S/C23H25ClN4O5S/c1-2-33-19-5-3-6-20-21(19)25-23(34-20)27(10-4-9-26-11-13-32-14-12-26)22(29)17-15-16(28(30)31)7-8-18(17)24/h3,5-8,15H,2,4,9-14H2,1H3. The van der Waals surface area contributed by atoms with Gasteiger partial charge in [-0.05, 0) is 31.5 Å². The molecule has 1 aliphatic heterocycles. The Labute approximate surface area is 206 Å². The number of fused-ring (bicyclic) bond motifs is 1. The first-order valence-electron chi connectivity index (χ1n) is 11.1. The molecule has 2 aromatic carbocycles. The van der Waals surface area contributed by atoms with Crippen molar-refractivity contribution in [2.45, 2.75) is 13.3 Å². The third kappa shape index (κ3) is 5.47. The van der Waals surface area contributed by atoms with E-state index >= 15 is 0 Å². The van der Waals surface area contributed by atoms with Crippen molar-refractivity contribution in [3.8, 4) is 5.75 Å². The molecule has 0 aliphatic carbocycles. The highest BCUT2D eigenvalue weighted by Crippen LogP contribution is 2.35. The van der Waals surface area contributed by atoms with Gasteiger partial charge in [0.2, 0.25) is 0 Å². The van der Waals surface area contributed by atoms with E-state index < -0.39 is 10.8 Å². The van der Waals surface area contributed by atoms with Crippen molar-refractivity contribution in [1.82, 2.24) is 9.88 Å². The number of nitro groups is 1. The predicted molar refractivity (Wildman–Crippen MR) is 132 cm³/mol. The lowest BCUT2D eigenvalue weighted by atomic mass is 10.1. The van der Waals surface area contributed by atoms with Crippen molar-refractivity contribution < 1.29 is 19.2 Å². The highest BCUT2D eigenvalue weighted by Gasteiger charge is 2.26. The van der Waals surface area contributed by atoms with Gasteiger partial charge in [-0.25, -0.2) is 4.98 Å². The summed E-state index contributed by atoms with van der Waals surface area (Å²) in [6, 6.07) is 9.54. The van der Waals surface area contributed by atoms with Gasteiger partial charge in [0.1, 0.15) is 11.3 Å². The number of amides is 1. The van der Waals surface area contributed by atoms with Gasteiger partial charge in [-0.2, -0.15) is 0 Å². The lowest BCUT2D eigenvalue weighted by Crippen LogP contribution is -2.39. The molecule has 3 aromatic rings. The summed E-state index contributed by atoms with van der Waals surface area (Å²) < 4.78 is 12.0. The lowest BCUT2D eigenvalue weighted by Gasteiger charge is -2.27. The highest BCUT2D eigenvalue weighted by atomic mass is 35.5. The summed E-state index contributed by atoms with van der Waals surface area (Å²) in [6.07, 6.45) is 0.701. The second-order valence-electron chi connectivity index (χ2n) is 7.72. The van der Waals surface area contributed by atoms with Crippen molar-refractivity contribution in [1.29, 1.82) is 0 Å². The maximum atomic E-state index is 13.6. The fourth-order valence-electron chi connectivity index (χ4n) is 3.80. The first-order chi connectivity index (χ1) is 16.5. The first kappa shape index (κ1) is 24.3. The molecule has 2 heterocycles. The van der Waals surface area contributed by atoms with Crippen LogP contribution in [0.5, 0.6) is 5.75 Å². The van der Waals surface area contributed by atoms with Crippen LogP contribution in [-0.4, -0.2) is 66.7 Å². The molecule has 0 radical (unpaired) electrons. The Balaban J connectivity index is 1.66. The third-order valence-electron chi connectivity index (χ3n) is 5.50. The molecule has 0 unspecified atom stereocenters. The van der Waals surface area contributed by atoms with E-state index in [1.165, 1.54) is 29.5 Å². The highest BCUT2D eigenvalue weighted by molar-refractivity contribution is 7.22. The molecule has 11 heteroatoms. The van der Waals surface area contributed by atoms with Crippen molar-refractivity contribution in [3.05, 3.63) is 57.1 Å². The van der Waals surface area contributed by atoms with E-state index in [4.69, 9.17) is 26.1 Å². The van der Waals surface area contributed by atoms with Crippen molar-refractivity contribution in [2.24, 2.45) is 0 Å². The van der Waals surface area contributed by atoms with Gasteiger partial charge in [-0.1, -0.05) is 29.0 Å². The zero-order valence-corrected chi connectivity index (χ0v) is 20.3. The average molecular weight is 505 g/mol. The van der Waals surface area contributed by atoms with Crippen LogP contribution >= 0.6 is 22.9 Å². The third-order valence-corrected chi connectivity index (χ3v) is 6.87. The van der Waals surface area contributed by atoms with Gasteiger partial charge in [0, 0.05) is 38.3 Å². The number of non-ortho nitro benzene ring substituents is 1. The molecule has 1 aromatic heterocycles. The molecule has 0 atom stereocenters. The molecule has 0 saturated carbocycles. The fourth-order valence-corrected chi connectivity index (χ4v) is 5.00. The predicted octanol–water partition coefficient (Wildman–Crippen LogP) is 4.63. The summed E-state index contributed by atoms with van der Waals surface area (Å²) in [5.41, 5.74) is 0.566. The van der Waals surface area contributed by atoms with Crippen LogP contribution in [0, 0.1) is 10.1 Å². The Hall–Kier alpha value is -2.79. The van der Waals surface area contributed by atoms with Gasteiger partial charge in [0.25, 0.3) is 11.6 Å². The second-order valence-corrected chi connectivity index (χ2v) is 9.13. The number of halogens is 1. The molecular formula is C23H25ClN4O5S. The van der Waals surface area contributed by atoms with E-state index in [9.17, 15) is 14.9 Å². The number of thiazole rings is 1.